The summed E-state index contributed by atoms with van der Waals surface area (Å²) >= 11 is 0. The quantitative estimate of drug-likeness (QED) is 0.793. The first-order chi connectivity index (χ1) is 7.38. The van der Waals surface area contributed by atoms with E-state index in [1.807, 2.05) is 0 Å². The van der Waals surface area contributed by atoms with Crippen LogP contribution < -0.4 is 5.73 Å². The van der Waals surface area contributed by atoms with Crippen LogP contribution in [0, 0.1) is 0 Å². The van der Waals surface area contributed by atoms with Gasteiger partial charge in [0, 0.05) is 24.2 Å². The molecule has 1 unspecified atom stereocenters. The summed E-state index contributed by atoms with van der Waals surface area (Å²) < 4.78 is 0. The van der Waals surface area contributed by atoms with Crippen LogP contribution in [-0.4, -0.2) is 54.1 Å². The van der Waals surface area contributed by atoms with Crippen LogP contribution in [0.3, 0.4) is 0 Å². The zero-order valence-electron chi connectivity index (χ0n) is 11.7. The molecule has 0 spiro atoms. The van der Waals surface area contributed by atoms with Gasteiger partial charge in [-0.2, -0.15) is 0 Å². The zero-order chi connectivity index (χ0) is 12.3. The topological polar surface area (TPSA) is 32.5 Å². The number of hydrogen-bond acceptors (Lipinski definition) is 3. The summed E-state index contributed by atoms with van der Waals surface area (Å²) in [6.45, 7) is 12.5. The fraction of sp³-hybridized carbons (Fsp3) is 1.00. The molecule has 0 saturated carbocycles. The van der Waals surface area contributed by atoms with Gasteiger partial charge in [-0.3, -0.25) is 4.90 Å². The van der Waals surface area contributed by atoms with Gasteiger partial charge >= 0.3 is 0 Å². The average molecular weight is 227 g/mol. The largest absolute Gasteiger partial charge is 0.330 e. The second-order valence-corrected chi connectivity index (χ2v) is 6.06. The Morgan fingerprint density at radius 3 is 2.50 bits per heavy atom. The van der Waals surface area contributed by atoms with Crippen molar-refractivity contribution in [2.45, 2.75) is 58.2 Å². The van der Waals surface area contributed by atoms with E-state index >= 15 is 0 Å². The predicted molar refractivity (Wildman–Crippen MR) is 70.6 cm³/mol. The highest BCUT2D eigenvalue weighted by molar-refractivity contribution is 4.93. The second-order valence-electron chi connectivity index (χ2n) is 6.06. The van der Waals surface area contributed by atoms with Crippen LogP contribution >= 0.6 is 0 Å². The number of nitrogens with zero attached hydrogens (tertiary/aromatic N) is 2. The molecule has 0 amide bonds. The van der Waals surface area contributed by atoms with Gasteiger partial charge in [0.05, 0.1) is 0 Å². The zero-order valence-corrected chi connectivity index (χ0v) is 11.7. The van der Waals surface area contributed by atoms with Gasteiger partial charge in [-0.15, -0.1) is 0 Å². The molecule has 0 aliphatic carbocycles. The van der Waals surface area contributed by atoms with Gasteiger partial charge < -0.3 is 10.6 Å². The van der Waals surface area contributed by atoms with Gasteiger partial charge in [-0.1, -0.05) is 0 Å². The van der Waals surface area contributed by atoms with Crippen molar-refractivity contribution in [1.29, 1.82) is 0 Å². The molecule has 1 saturated heterocycles. The lowest BCUT2D eigenvalue weighted by Gasteiger charge is -2.45. The van der Waals surface area contributed by atoms with Crippen LogP contribution in [0.25, 0.3) is 0 Å². The Morgan fingerprint density at radius 2 is 2.00 bits per heavy atom. The lowest BCUT2D eigenvalue weighted by Crippen LogP contribution is -2.54. The number of likely N-dealkylation sites (N-methyl/N-ethyl adjacent to an activating group) is 1. The Balaban J connectivity index is 2.89. The Morgan fingerprint density at radius 1 is 1.38 bits per heavy atom. The number of hydrogen-bond donors (Lipinski definition) is 1. The van der Waals surface area contributed by atoms with Gasteiger partial charge in [0.2, 0.25) is 0 Å². The molecule has 1 atom stereocenters. The van der Waals surface area contributed by atoms with E-state index in [0.717, 1.165) is 19.5 Å². The lowest BCUT2D eigenvalue weighted by atomic mass is 9.94. The molecule has 0 aromatic rings. The summed E-state index contributed by atoms with van der Waals surface area (Å²) in [6.07, 6.45) is 2.34. The van der Waals surface area contributed by atoms with Gasteiger partial charge in [0.1, 0.15) is 0 Å². The lowest BCUT2D eigenvalue weighted by molar-refractivity contribution is 0.0398. The molecule has 1 aliphatic heterocycles. The monoisotopic (exact) mass is 227 g/mol. The standard InChI is InChI=1S/C13H29N3/c1-11(2)16-12(6-8-14)10-15(5)9-7-13(16,3)4/h11-12H,6-10,14H2,1-5H3. The third kappa shape index (κ3) is 3.19. The summed E-state index contributed by atoms with van der Waals surface area (Å²) in [7, 11) is 2.23. The van der Waals surface area contributed by atoms with E-state index < -0.39 is 0 Å². The summed E-state index contributed by atoms with van der Waals surface area (Å²) in [5.74, 6) is 0. The minimum absolute atomic E-state index is 0.290. The molecule has 96 valence electrons. The molecule has 1 rings (SSSR count). The van der Waals surface area contributed by atoms with Crippen molar-refractivity contribution in [1.82, 2.24) is 9.80 Å². The summed E-state index contributed by atoms with van der Waals surface area (Å²) in [5, 5.41) is 0. The fourth-order valence-corrected chi connectivity index (χ4v) is 3.17. The number of nitrogens with two attached hydrogens (primary N) is 1. The van der Waals surface area contributed by atoms with Crippen LogP contribution in [0.1, 0.15) is 40.5 Å². The van der Waals surface area contributed by atoms with Crippen molar-refractivity contribution >= 4 is 0 Å². The predicted octanol–water partition coefficient (Wildman–Crippen LogP) is 1.53. The highest BCUT2D eigenvalue weighted by atomic mass is 15.3. The average Bonchev–Trinajstić information content (AvgIpc) is 2.24. The molecule has 3 heteroatoms. The third-order valence-corrected chi connectivity index (χ3v) is 3.78. The molecular formula is C13H29N3. The first-order valence-corrected chi connectivity index (χ1v) is 6.55. The molecule has 0 aromatic heterocycles. The smallest absolute Gasteiger partial charge is 0.0243 e. The SMILES string of the molecule is CC(C)N1C(CCN)CN(C)CCC1(C)C. The molecule has 0 bridgehead atoms. The van der Waals surface area contributed by atoms with Crippen molar-refractivity contribution in [3.63, 3.8) is 0 Å². The number of rotatable bonds is 3. The van der Waals surface area contributed by atoms with Crippen molar-refractivity contribution in [2.24, 2.45) is 5.73 Å². The van der Waals surface area contributed by atoms with Gasteiger partial charge in [-0.05, 0) is 60.7 Å². The van der Waals surface area contributed by atoms with Crippen molar-refractivity contribution in [2.75, 3.05) is 26.7 Å². The van der Waals surface area contributed by atoms with Crippen LogP contribution in [0.5, 0.6) is 0 Å². The van der Waals surface area contributed by atoms with E-state index in [0.29, 0.717) is 17.6 Å². The molecule has 0 radical (unpaired) electrons. The first kappa shape index (κ1) is 13.9. The summed E-state index contributed by atoms with van der Waals surface area (Å²) in [4.78, 5) is 5.12. The molecule has 3 nitrogen and oxygen atoms in total. The maximum Gasteiger partial charge on any atom is 0.0243 e. The van der Waals surface area contributed by atoms with Crippen LogP contribution in [0.15, 0.2) is 0 Å². The van der Waals surface area contributed by atoms with Gasteiger partial charge in [-0.25, -0.2) is 0 Å². The van der Waals surface area contributed by atoms with Crippen molar-refractivity contribution < 1.29 is 0 Å². The van der Waals surface area contributed by atoms with E-state index in [9.17, 15) is 0 Å². The van der Waals surface area contributed by atoms with Crippen molar-refractivity contribution in [3.05, 3.63) is 0 Å². The summed E-state index contributed by atoms with van der Waals surface area (Å²) in [6, 6.07) is 1.20. The minimum atomic E-state index is 0.290. The maximum absolute atomic E-state index is 5.76. The van der Waals surface area contributed by atoms with Crippen LogP contribution in [-0.2, 0) is 0 Å². The van der Waals surface area contributed by atoms with Gasteiger partial charge in [0.15, 0.2) is 0 Å². The van der Waals surface area contributed by atoms with Crippen LogP contribution in [0.4, 0.5) is 0 Å². The van der Waals surface area contributed by atoms with E-state index in [2.05, 4.69) is 44.5 Å². The van der Waals surface area contributed by atoms with E-state index in [-0.39, 0.29) is 0 Å². The molecule has 1 heterocycles. The van der Waals surface area contributed by atoms with E-state index in [1.54, 1.807) is 0 Å². The first-order valence-electron chi connectivity index (χ1n) is 6.55. The highest BCUT2D eigenvalue weighted by Gasteiger charge is 2.36. The third-order valence-electron chi connectivity index (χ3n) is 3.78. The minimum Gasteiger partial charge on any atom is -0.330 e. The molecule has 1 fully saturated rings. The molecule has 0 aromatic carbocycles. The maximum atomic E-state index is 5.76. The summed E-state index contributed by atoms with van der Waals surface area (Å²) in [5.41, 5.74) is 6.05. The Hall–Kier alpha value is -0.120. The van der Waals surface area contributed by atoms with E-state index in [4.69, 9.17) is 5.73 Å². The van der Waals surface area contributed by atoms with Gasteiger partial charge in [0.25, 0.3) is 0 Å². The van der Waals surface area contributed by atoms with Crippen molar-refractivity contribution in [3.8, 4) is 0 Å². The van der Waals surface area contributed by atoms with Crippen LogP contribution in [0.2, 0.25) is 0 Å². The molecule has 2 N–H and O–H groups in total. The normalized spacial score (nSPS) is 28.3. The second kappa shape index (κ2) is 5.48. The fourth-order valence-electron chi connectivity index (χ4n) is 3.17. The Bertz CT molecular complexity index is 213. The Kier molecular flexibility index (Phi) is 4.77. The highest BCUT2D eigenvalue weighted by Crippen LogP contribution is 2.29. The Labute approximate surface area is 101 Å². The molecule has 1 aliphatic rings. The molecular weight excluding hydrogens is 198 g/mol. The molecule has 16 heavy (non-hydrogen) atoms. The van der Waals surface area contributed by atoms with E-state index in [1.165, 1.54) is 13.0 Å².